The lowest BCUT2D eigenvalue weighted by Crippen LogP contribution is -2.61. The van der Waals surface area contributed by atoms with Gasteiger partial charge in [0.2, 0.25) is 5.72 Å². The molecule has 24 heavy (non-hydrogen) atoms. The average molecular weight is 388 g/mol. The third-order valence-electron chi connectivity index (χ3n) is 3.18. The van der Waals surface area contributed by atoms with Crippen LogP contribution >= 0.6 is 15.2 Å². The third-order valence-corrected chi connectivity index (χ3v) is 5.48. The lowest BCUT2D eigenvalue weighted by Gasteiger charge is -2.44. The minimum Gasteiger partial charge on any atom is -0.478 e. The fraction of sp³-hybridized carbons (Fsp3) is 0.545. The number of nitrogens with two attached hydrogens (primary N) is 1. The van der Waals surface area contributed by atoms with Crippen molar-refractivity contribution >= 4 is 21.2 Å². The van der Waals surface area contributed by atoms with Crippen molar-refractivity contribution in [3.05, 3.63) is 25.3 Å². The Morgan fingerprint density at radius 3 is 1.71 bits per heavy atom. The van der Waals surface area contributed by atoms with Gasteiger partial charge in [-0.15, -0.1) is 13.2 Å². The number of hydrogen-bond acceptors (Lipinski definition) is 6. The SMILES string of the molecule is C=CC(N(C(C=C)P(=O)(O)O)[C@@](O)(CCCN)C(=O)O)P(=O)(O)O. The molecule has 0 aliphatic rings. The number of carbonyl (C=O) groups is 1. The molecule has 2 unspecified atom stereocenters. The standard InChI is InChI=1S/C11H22N2O9P2/c1-3-8(23(17,18)19)13(9(4-2)24(20,21)22)11(16,10(14)15)6-5-7-12/h3-4,8-9,16H,1-2,5-7,12H2,(H,14,15)(H2,17,18,19)(H2,20,21,22)/t8?,9?,11-/m1/s1. The second kappa shape index (κ2) is 8.48. The third kappa shape index (κ3) is 5.32. The van der Waals surface area contributed by atoms with E-state index in [1.165, 1.54) is 0 Å². The molecule has 11 nitrogen and oxygen atoms in total. The average Bonchev–Trinajstić information content (AvgIpc) is 2.41. The van der Waals surface area contributed by atoms with Crippen molar-refractivity contribution in [3.8, 4) is 0 Å². The molecule has 0 bridgehead atoms. The van der Waals surface area contributed by atoms with E-state index in [0.29, 0.717) is 12.2 Å². The summed E-state index contributed by atoms with van der Waals surface area (Å²) in [6.07, 6.45) is 0.454. The van der Waals surface area contributed by atoms with Crippen LogP contribution in [-0.4, -0.2) is 64.5 Å². The molecule has 13 heteroatoms. The Kier molecular flexibility index (Phi) is 8.17. The van der Waals surface area contributed by atoms with Gasteiger partial charge in [-0.25, -0.2) is 9.69 Å². The van der Waals surface area contributed by atoms with Crippen LogP contribution in [0.4, 0.5) is 0 Å². The molecule has 0 spiro atoms. The minimum absolute atomic E-state index is 0.0766. The first-order valence-corrected chi connectivity index (χ1v) is 9.93. The Bertz CT molecular complexity index is 538. The van der Waals surface area contributed by atoms with Gasteiger partial charge in [-0.05, 0) is 13.0 Å². The smallest absolute Gasteiger partial charge is 0.351 e. The number of nitrogens with zero attached hydrogens (tertiary/aromatic N) is 1. The van der Waals surface area contributed by atoms with Crippen molar-refractivity contribution < 1.29 is 43.7 Å². The van der Waals surface area contributed by atoms with E-state index < -0.39 is 44.9 Å². The van der Waals surface area contributed by atoms with Crippen LogP contribution in [0.1, 0.15) is 12.8 Å². The lowest BCUT2D eigenvalue weighted by molar-refractivity contribution is -0.187. The minimum atomic E-state index is -5.17. The Balaban J connectivity index is 6.53. The first-order chi connectivity index (χ1) is 10.8. The maximum Gasteiger partial charge on any atom is 0.351 e. The molecule has 0 rings (SSSR count). The van der Waals surface area contributed by atoms with Crippen molar-refractivity contribution in [2.75, 3.05) is 6.54 Å². The largest absolute Gasteiger partial charge is 0.478 e. The van der Waals surface area contributed by atoms with Crippen LogP contribution in [-0.2, 0) is 13.9 Å². The van der Waals surface area contributed by atoms with Gasteiger partial charge in [0.25, 0.3) is 0 Å². The summed E-state index contributed by atoms with van der Waals surface area (Å²) >= 11 is 0. The van der Waals surface area contributed by atoms with Crippen LogP contribution < -0.4 is 5.73 Å². The van der Waals surface area contributed by atoms with Gasteiger partial charge in [0.1, 0.15) is 11.6 Å². The molecule has 0 heterocycles. The van der Waals surface area contributed by atoms with Crippen molar-refractivity contribution in [2.24, 2.45) is 5.73 Å². The molecule has 0 aromatic heterocycles. The van der Waals surface area contributed by atoms with Crippen LogP contribution in [0.25, 0.3) is 0 Å². The molecule has 0 saturated carbocycles. The summed E-state index contributed by atoms with van der Waals surface area (Å²) in [6.45, 7) is 6.22. The fourth-order valence-electron chi connectivity index (χ4n) is 2.12. The van der Waals surface area contributed by atoms with E-state index >= 15 is 0 Å². The molecular weight excluding hydrogens is 366 g/mol. The number of aliphatic hydroxyl groups is 1. The highest BCUT2D eigenvalue weighted by atomic mass is 31.2. The van der Waals surface area contributed by atoms with Crippen molar-refractivity contribution in [3.63, 3.8) is 0 Å². The van der Waals surface area contributed by atoms with Crippen LogP contribution in [0.5, 0.6) is 0 Å². The van der Waals surface area contributed by atoms with E-state index in [0.717, 1.165) is 0 Å². The molecule has 8 N–H and O–H groups in total. The van der Waals surface area contributed by atoms with E-state index in [1.807, 2.05) is 0 Å². The topological polar surface area (TPSA) is 202 Å². The quantitative estimate of drug-likeness (QED) is 0.132. The van der Waals surface area contributed by atoms with Crippen LogP contribution in [0, 0.1) is 0 Å². The van der Waals surface area contributed by atoms with Crippen LogP contribution in [0.3, 0.4) is 0 Å². The van der Waals surface area contributed by atoms with Gasteiger partial charge in [0, 0.05) is 6.42 Å². The molecule has 0 aliphatic carbocycles. The highest BCUT2D eigenvalue weighted by Crippen LogP contribution is 2.53. The summed E-state index contributed by atoms with van der Waals surface area (Å²) < 4.78 is 23.3. The summed E-state index contributed by atoms with van der Waals surface area (Å²) in [5.74, 6) is -6.34. The molecule has 3 atom stereocenters. The number of rotatable bonds is 11. The van der Waals surface area contributed by atoms with Crippen molar-refractivity contribution in [1.82, 2.24) is 4.90 Å². The van der Waals surface area contributed by atoms with Crippen LogP contribution in [0.15, 0.2) is 25.3 Å². The van der Waals surface area contributed by atoms with Gasteiger partial charge >= 0.3 is 21.2 Å². The van der Waals surface area contributed by atoms with Gasteiger partial charge in [0.05, 0.1) is 0 Å². The number of carboxylic acids is 1. The van der Waals surface area contributed by atoms with E-state index in [-0.39, 0.29) is 17.9 Å². The van der Waals surface area contributed by atoms with E-state index in [2.05, 4.69) is 13.2 Å². The molecule has 0 amide bonds. The van der Waals surface area contributed by atoms with E-state index in [4.69, 9.17) is 5.73 Å². The Morgan fingerprint density at radius 2 is 1.50 bits per heavy atom. The number of carboxylic acid groups (broad SMARTS) is 1. The highest BCUT2D eigenvalue weighted by Gasteiger charge is 2.55. The molecule has 0 aliphatic heterocycles. The summed E-state index contributed by atoms with van der Waals surface area (Å²) in [6, 6.07) is 0. The second-order valence-electron chi connectivity index (χ2n) is 4.90. The fourth-order valence-corrected chi connectivity index (χ4v) is 4.09. The summed E-state index contributed by atoms with van der Waals surface area (Å²) in [7, 11) is -10.3. The normalized spacial score (nSPS) is 17.8. The molecule has 0 aromatic rings. The van der Waals surface area contributed by atoms with Gasteiger partial charge < -0.3 is 35.5 Å². The zero-order valence-electron chi connectivity index (χ0n) is 12.7. The van der Waals surface area contributed by atoms with Crippen molar-refractivity contribution in [2.45, 2.75) is 30.1 Å². The highest BCUT2D eigenvalue weighted by molar-refractivity contribution is 7.53. The van der Waals surface area contributed by atoms with Gasteiger partial charge in [0.15, 0.2) is 0 Å². The van der Waals surface area contributed by atoms with E-state index in [9.17, 15) is 43.7 Å². The second-order valence-corrected chi connectivity index (χ2v) is 8.31. The molecule has 0 radical (unpaired) electrons. The Labute approximate surface area is 138 Å². The van der Waals surface area contributed by atoms with Gasteiger partial charge in [-0.1, -0.05) is 12.2 Å². The molecular formula is C11H22N2O9P2. The Hall–Kier alpha value is -0.870. The summed E-state index contributed by atoms with van der Waals surface area (Å²) in [5.41, 5.74) is 2.23. The van der Waals surface area contributed by atoms with E-state index in [1.54, 1.807) is 0 Å². The molecule has 0 fully saturated rings. The predicted octanol–water partition coefficient (Wildman–Crippen LogP) is -0.820. The van der Waals surface area contributed by atoms with Crippen molar-refractivity contribution in [1.29, 1.82) is 0 Å². The monoisotopic (exact) mass is 388 g/mol. The first kappa shape index (κ1) is 23.1. The number of aliphatic carboxylic acids is 1. The molecule has 140 valence electrons. The predicted molar refractivity (Wildman–Crippen MR) is 84.8 cm³/mol. The lowest BCUT2D eigenvalue weighted by atomic mass is 10.0. The molecule has 0 aromatic carbocycles. The van der Waals surface area contributed by atoms with Gasteiger partial charge in [-0.2, -0.15) is 0 Å². The van der Waals surface area contributed by atoms with Crippen LogP contribution in [0.2, 0.25) is 0 Å². The Morgan fingerprint density at radius 1 is 1.12 bits per heavy atom. The first-order valence-electron chi connectivity index (χ1n) is 6.57. The summed E-state index contributed by atoms with van der Waals surface area (Å²) in [4.78, 5) is 49.3. The summed E-state index contributed by atoms with van der Waals surface area (Å²) in [5, 5.41) is 19.8. The zero-order valence-corrected chi connectivity index (χ0v) is 14.5. The number of hydrogen-bond donors (Lipinski definition) is 7. The molecule has 0 saturated heterocycles. The maximum absolute atomic E-state index is 11.7. The zero-order chi connectivity index (χ0) is 19.3. The van der Waals surface area contributed by atoms with Gasteiger partial charge in [-0.3, -0.25) is 9.13 Å². The maximum atomic E-state index is 11.7.